The van der Waals surface area contributed by atoms with Crippen LogP contribution in [0.4, 0.5) is 0 Å². The van der Waals surface area contributed by atoms with Crippen molar-refractivity contribution in [3.8, 4) is 5.75 Å². The van der Waals surface area contributed by atoms with Crippen LogP contribution < -0.4 is 15.4 Å². The first kappa shape index (κ1) is 12.5. The van der Waals surface area contributed by atoms with E-state index in [-0.39, 0.29) is 5.91 Å². The van der Waals surface area contributed by atoms with E-state index < -0.39 is 0 Å². The molecule has 1 aromatic carbocycles. The zero-order valence-electron chi connectivity index (χ0n) is 9.75. The van der Waals surface area contributed by atoms with E-state index in [0.717, 1.165) is 18.8 Å². The van der Waals surface area contributed by atoms with Gasteiger partial charge in [-0.3, -0.25) is 4.79 Å². The minimum Gasteiger partial charge on any atom is -0.497 e. The number of rotatable bonds is 6. The number of hydrogen-bond donors (Lipinski definition) is 2. The van der Waals surface area contributed by atoms with E-state index in [2.05, 4.69) is 10.6 Å². The third-order valence-corrected chi connectivity index (χ3v) is 2.19. The summed E-state index contributed by atoms with van der Waals surface area (Å²) in [4.78, 5) is 11.6. The largest absolute Gasteiger partial charge is 0.497 e. The van der Waals surface area contributed by atoms with Crippen LogP contribution in [0, 0.1) is 0 Å². The van der Waals surface area contributed by atoms with Gasteiger partial charge in [0.15, 0.2) is 0 Å². The number of benzene rings is 1. The van der Waals surface area contributed by atoms with E-state index in [9.17, 15) is 4.79 Å². The fourth-order valence-electron chi connectivity index (χ4n) is 1.29. The Kier molecular flexibility index (Phi) is 5.36. The van der Waals surface area contributed by atoms with Crippen LogP contribution in [0.5, 0.6) is 5.75 Å². The Hall–Kier alpha value is -1.55. The SMILES string of the molecule is CCNCCNC(=O)c1ccc(OC)cc1. The quantitative estimate of drug-likeness (QED) is 0.707. The smallest absolute Gasteiger partial charge is 0.251 e. The average molecular weight is 222 g/mol. The van der Waals surface area contributed by atoms with Gasteiger partial charge < -0.3 is 15.4 Å². The number of methoxy groups -OCH3 is 1. The van der Waals surface area contributed by atoms with Crippen molar-refractivity contribution in [2.45, 2.75) is 6.92 Å². The summed E-state index contributed by atoms with van der Waals surface area (Å²) in [7, 11) is 1.60. The van der Waals surface area contributed by atoms with Crippen molar-refractivity contribution in [3.05, 3.63) is 29.8 Å². The molecule has 0 heterocycles. The maximum absolute atomic E-state index is 11.6. The molecule has 1 rings (SSSR count). The molecule has 0 saturated heterocycles. The highest BCUT2D eigenvalue weighted by Crippen LogP contribution is 2.10. The molecule has 4 heteroatoms. The number of carbonyl (C=O) groups is 1. The molecule has 0 bridgehead atoms. The Morgan fingerprint density at radius 3 is 2.50 bits per heavy atom. The molecule has 0 aromatic heterocycles. The summed E-state index contributed by atoms with van der Waals surface area (Å²) in [5.74, 6) is 0.699. The van der Waals surface area contributed by atoms with Crippen LogP contribution in [0.1, 0.15) is 17.3 Å². The molecule has 0 unspecified atom stereocenters. The Morgan fingerprint density at radius 1 is 1.25 bits per heavy atom. The lowest BCUT2D eigenvalue weighted by molar-refractivity contribution is 0.0954. The summed E-state index contributed by atoms with van der Waals surface area (Å²) in [5.41, 5.74) is 0.650. The van der Waals surface area contributed by atoms with Gasteiger partial charge in [0, 0.05) is 18.7 Å². The van der Waals surface area contributed by atoms with Gasteiger partial charge in [0.2, 0.25) is 0 Å². The predicted octanol–water partition coefficient (Wildman–Crippen LogP) is 1.03. The zero-order chi connectivity index (χ0) is 11.8. The Labute approximate surface area is 96.0 Å². The number of amides is 1. The number of hydrogen-bond acceptors (Lipinski definition) is 3. The van der Waals surface area contributed by atoms with Crippen LogP contribution in [0.3, 0.4) is 0 Å². The highest BCUT2D eigenvalue weighted by Gasteiger charge is 2.03. The summed E-state index contributed by atoms with van der Waals surface area (Å²) in [5, 5.41) is 5.97. The third kappa shape index (κ3) is 3.90. The number of ether oxygens (including phenoxy) is 1. The first-order valence-electron chi connectivity index (χ1n) is 5.41. The Morgan fingerprint density at radius 2 is 1.94 bits per heavy atom. The Balaban J connectivity index is 2.40. The first-order valence-corrected chi connectivity index (χ1v) is 5.41. The Bertz CT molecular complexity index is 322. The van der Waals surface area contributed by atoms with Gasteiger partial charge in [-0.1, -0.05) is 6.92 Å². The van der Waals surface area contributed by atoms with E-state index in [0.29, 0.717) is 12.1 Å². The fourth-order valence-corrected chi connectivity index (χ4v) is 1.29. The van der Waals surface area contributed by atoms with E-state index in [1.54, 1.807) is 31.4 Å². The molecular formula is C12H18N2O2. The van der Waals surface area contributed by atoms with E-state index in [1.807, 2.05) is 6.92 Å². The molecule has 0 saturated carbocycles. The van der Waals surface area contributed by atoms with Crippen molar-refractivity contribution in [1.82, 2.24) is 10.6 Å². The first-order chi connectivity index (χ1) is 7.77. The van der Waals surface area contributed by atoms with Gasteiger partial charge in [0.05, 0.1) is 7.11 Å². The predicted molar refractivity (Wildman–Crippen MR) is 63.9 cm³/mol. The minimum atomic E-state index is -0.0550. The van der Waals surface area contributed by atoms with Gasteiger partial charge in [-0.15, -0.1) is 0 Å². The normalized spacial score (nSPS) is 9.88. The lowest BCUT2D eigenvalue weighted by Crippen LogP contribution is -2.31. The van der Waals surface area contributed by atoms with Crippen LogP contribution in [-0.4, -0.2) is 32.7 Å². The topological polar surface area (TPSA) is 50.4 Å². The minimum absolute atomic E-state index is 0.0550. The second-order valence-corrected chi connectivity index (χ2v) is 3.34. The molecule has 0 fully saturated rings. The maximum atomic E-state index is 11.6. The molecule has 0 atom stereocenters. The van der Waals surface area contributed by atoms with Crippen molar-refractivity contribution >= 4 is 5.91 Å². The van der Waals surface area contributed by atoms with Gasteiger partial charge in [-0.05, 0) is 30.8 Å². The average Bonchev–Trinajstić information content (AvgIpc) is 2.34. The van der Waals surface area contributed by atoms with Crippen LogP contribution in [-0.2, 0) is 0 Å². The lowest BCUT2D eigenvalue weighted by Gasteiger charge is -2.06. The summed E-state index contributed by atoms with van der Waals surface area (Å²) in [6.07, 6.45) is 0. The highest BCUT2D eigenvalue weighted by atomic mass is 16.5. The molecule has 16 heavy (non-hydrogen) atoms. The molecular weight excluding hydrogens is 204 g/mol. The maximum Gasteiger partial charge on any atom is 0.251 e. The van der Waals surface area contributed by atoms with E-state index in [4.69, 9.17) is 4.74 Å². The van der Waals surface area contributed by atoms with Crippen LogP contribution in [0.2, 0.25) is 0 Å². The highest BCUT2D eigenvalue weighted by molar-refractivity contribution is 5.94. The van der Waals surface area contributed by atoms with Crippen LogP contribution in [0.15, 0.2) is 24.3 Å². The molecule has 1 aromatic rings. The molecule has 4 nitrogen and oxygen atoms in total. The summed E-state index contributed by atoms with van der Waals surface area (Å²) in [6, 6.07) is 7.06. The second-order valence-electron chi connectivity index (χ2n) is 3.34. The number of nitrogens with one attached hydrogen (secondary N) is 2. The molecule has 0 spiro atoms. The third-order valence-electron chi connectivity index (χ3n) is 2.19. The van der Waals surface area contributed by atoms with Crippen molar-refractivity contribution in [1.29, 1.82) is 0 Å². The standard InChI is InChI=1S/C12H18N2O2/c1-3-13-8-9-14-12(15)10-4-6-11(16-2)7-5-10/h4-7,13H,3,8-9H2,1-2H3,(H,14,15). The molecule has 2 N–H and O–H groups in total. The number of carbonyl (C=O) groups excluding carboxylic acids is 1. The van der Waals surface area contributed by atoms with Gasteiger partial charge in [0.1, 0.15) is 5.75 Å². The summed E-state index contributed by atoms with van der Waals surface area (Å²) >= 11 is 0. The van der Waals surface area contributed by atoms with Crippen molar-refractivity contribution in [3.63, 3.8) is 0 Å². The van der Waals surface area contributed by atoms with E-state index >= 15 is 0 Å². The molecule has 0 aliphatic heterocycles. The van der Waals surface area contributed by atoms with Gasteiger partial charge in [-0.25, -0.2) is 0 Å². The van der Waals surface area contributed by atoms with Gasteiger partial charge in [-0.2, -0.15) is 0 Å². The van der Waals surface area contributed by atoms with Crippen LogP contribution >= 0.6 is 0 Å². The molecule has 88 valence electrons. The monoisotopic (exact) mass is 222 g/mol. The van der Waals surface area contributed by atoms with Crippen LogP contribution in [0.25, 0.3) is 0 Å². The summed E-state index contributed by atoms with van der Waals surface area (Å²) in [6.45, 7) is 4.38. The summed E-state index contributed by atoms with van der Waals surface area (Å²) < 4.78 is 5.02. The van der Waals surface area contributed by atoms with Crippen molar-refractivity contribution in [2.24, 2.45) is 0 Å². The van der Waals surface area contributed by atoms with E-state index in [1.165, 1.54) is 0 Å². The number of likely N-dealkylation sites (N-methyl/N-ethyl adjacent to an activating group) is 1. The lowest BCUT2D eigenvalue weighted by atomic mass is 10.2. The van der Waals surface area contributed by atoms with Gasteiger partial charge >= 0.3 is 0 Å². The van der Waals surface area contributed by atoms with Gasteiger partial charge in [0.25, 0.3) is 5.91 Å². The molecule has 0 aliphatic carbocycles. The van der Waals surface area contributed by atoms with Crippen molar-refractivity contribution in [2.75, 3.05) is 26.7 Å². The fraction of sp³-hybridized carbons (Fsp3) is 0.417. The molecule has 1 amide bonds. The molecule has 0 aliphatic rings. The molecule has 0 radical (unpaired) electrons. The van der Waals surface area contributed by atoms with Crippen molar-refractivity contribution < 1.29 is 9.53 Å². The zero-order valence-corrected chi connectivity index (χ0v) is 9.75. The second kappa shape index (κ2) is 6.85.